The molecule has 2 aromatic carbocycles. The van der Waals surface area contributed by atoms with Crippen LogP contribution in [-0.2, 0) is 26.1 Å². The lowest BCUT2D eigenvalue weighted by Crippen LogP contribution is -2.25. The number of anilines is 3. The SMILES string of the molecule is COC(=O)Nc1ccc(CNC(=O)c2cc(NC(C)=O)ccc2NS(C)(=O)=O)cc1. The molecule has 0 heterocycles. The standard InChI is InChI=1S/C19H22N4O6S/c1-12(24)21-15-8-9-17(23-30(3,27)28)16(10-15)18(25)20-11-13-4-6-14(7-5-13)22-19(26)29-2/h4-10,23H,11H2,1-3H3,(H,20,25)(H,21,24)(H,22,26). The van der Waals surface area contributed by atoms with Crippen LogP contribution in [0, 0.1) is 0 Å². The summed E-state index contributed by atoms with van der Waals surface area (Å²) in [5, 5.41) is 7.76. The van der Waals surface area contributed by atoms with Crippen molar-refractivity contribution in [2.45, 2.75) is 13.5 Å². The van der Waals surface area contributed by atoms with Gasteiger partial charge in [-0.25, -0.2) is 13.2 Å². The van der Waals surface area contributed by atoms with Crippen molar-refractivity contribution in [3.8, 4) is 0 Å². The number of carbonyl (C=O) groups excluding carboxylic acids is 3. The quantitative estimate of drug-likeness (QED) is 0.526. The maximum Gasteiger partial charge on any atom is 0.411 e. The number of amides is 3. The molecule has 0 unspecified atom stereocenters. The predicted molar refractivity (Wildman–Crippen MR) is 113 cm³/mol. The van der Waals surface area contributed by atoms with Gasteiger partial charge < -0.3 is 15.4 Å². The second-order valence-electron chi connectivity index (χ2n) is 6.31. The Morgan fingerprint density at radius 3 is 2.17 bits per heavy atom. The zero-order valence-electron chi connectivity index (χ0n) is 16.6. The first-order valence-corrected chi connectivity index (χ1v) is 10.6. The molecule has 0 fully saturated rings. The van der Waals surface area contributed by atoms with E-state index in [1.165, 1.54) is 32.2 Å². The smallest absolute Gasteiger partial charge is 0.411 e. The Kier molecular flexibility index (Phi) is 7.37. The number of hydrogen-bond acceptors (Lipinski definition) is 6. The highest BCUT2D eigenvalue weighted by Gasteiger charge is 2.15. The molecule has 0 bridgehead atoms. The summed E-state index contributed by atoms with van der Waals surface area (Å²) in [6.07, 6.45) is 0.376. The highest BCUT2D eigenvalue weighted by Crippen LogP contribution is 2.22. The van der Waals surface area contributed by atoms with Gasteiger partial charge in [-0.15, -0.1) is 0 Å². The Balaban J connectivity index is 2.15. The van der Waals surface area contributed by atoms with Gasteiger partial charge in [0.1, 0.15) is 0 Å². The molecule has 0 atom stereocenters. The van der Waals surface area contributed by atoms with E-state index in [1.54, 1.807) is 24.3 Å². The van der Waals surface area contributed by atoms with Crippen LogP contribution in [0.4, 0.5) is 21.9 Å². The van der Waals surface area contributed by atoms with Crippen molar-refractivity contribution in [3.05, 3.63) is 53.6 Å². The molecule has 11 heteroatoms. The lowest BCUT2D eigenvalue weighted by molar-refractivity contribution is -0.114. The van der Waals surface area contributed by atoms with E-state index in [-0.39, 0.29) is 23.7 Å². The van der Waals surface area contributed by atoms with Gasteiger partial charge in [0.05, 0.1) is 24.6 Å². The predicted octanol–water partition coefficient (Wildman–Crippen LogP) is 2.12. The molecule has 0 aromatic heterocycles. The van der Waals surface area contributed by atoms with Crippen molar-refractivity contribution < 1.29 is 27.5 Å². The summed E-state index contributed by atoms with van der Waals surface area (Å²) in [6, 6.07) is 11.0. The van der Waals surface area contributed by atoms with E-state index in [1.807, 2.05) is 0 Å². The van der Waals surface area contributed by atoms with Gasteiger partial charge in [-0.3, -0.25) is 19.6 Å². The molecular weight excluding hydrogens is 412 g/mol. The fraction of sp³-hybridized carbons (Fsp3) is 0.211. The average Bonchev–Trinajstić information content (AvgIpc) is 2.66. The van der Waals surface area contributed by atoms with Crippen molar-refractivity contribution in [3.63, 3.8) is 0 Å². The van der Waals surface area contributed by atoms with Gasteiger partial charge >= 0.3 is 6.09 Å². The van der Waals surface area contributed by atoms with E-state index in [0.717, 1.165) is 11.8 Å². The van der Waals surface area contributed by atoms with Crippen LogP contribution >= 0.6 is 0 Å². The van der Waals surface area contributed by atoms with Gasteiger partial charge in [-0.05, 0) is 35.9 Å². The van der Waals surface area contributed by atoms with Crippen LogP contribution in [0.5, 0.6) is 0 Å². The highest BCUT2D eigenvalue weighted by atomic mass is 32.2. The van der Waals surface area contributed by atoms with Crippen molar-refractivity contribution in [2.75, 3.05) is 28.7 Å². The lowest BCUT2D eigenvalue weighted by Gasteiger charge is -2.13. The van der Waals surface area contributed by atoms with E-state index in [2.05, 4.69) is 25.4 Å². The molecule has 0 aliphatic rings. The van der Waals surface area contributed by atoms with Crippen LogP contribution < -0.4 is 20.7 Å². The summed E-state index contributed by atoms with van der Waals surface area (Å²) in [6.45, 7) is 1.47. The third-order valence-corrected chi connectivity index (χ3v) is 4.31. The molecule has 0 aliphatic heterocycles. The third-order valence-electron chi connectivity index (χ3n) is 3.72. The van der Waals surface area contributed by atoms with Gasteiger partial charge in [0, 0.05) is 24.8 Å². The molecule has 30 heavy (non-hydrogen) atoms. The Labute approximate surface area is 174 Å². The zero-order chi connectivity index (χ0) is 22.3. The number of benzene rings is 2. The molecule has 3 amide bonds. The molecule has 4 N–H and O–H groups in total. The summed E-state index contributed by atoms with van der Waals surface area (Å²) in [7, 11) is -2.36. The number of ether oxygens (including phenoxy) is 1. The second kappa shape index (κ2) is 9.74. The summed E-state index contributed by atoms with van der Waals surface area (Å²) in [4.78, 5) is 35.2. The van der Waals surface area contributed by atoms with Gasteiger partial charge in [0.2, 0.25) is 15.9 Å². The van der Waals surface area contributed by atoms with Crippen LogP contribution in [0.1, 0.15) is 22.8 Å². The normalized spacial score (nSPS) is 10.6. The molecule has 0 radical (unpaired) electrons. The minimum atomic E-state index is -3.62. The maximum absolute atomic E-state index is 12.7. The fourth-order valence-electron chi connectivity index (χ4n) is 2.45. The summed E-state index contributed by atoms with van der Waals surface area (Å²) >= 11 is 0. The fourth-order valence-corrected chi connectivity index (χ4v) is 3.03. The molecule has 10 nitrogen and oxygen atoms in total. The van der Waals surface area contributed by atoms with Gasteiger partial charge in [-0.1, -0.05) is 12.1 Å². The molecular formula is C19H22N4O6S. The first kappa shape index (κ1) is 22.7. The molecule has 0 saturated heterocycles. The summed E-state index contributed by atoms with van der Waals surface area (Å²) in [5.41, 5.74) is 1.76. The van der Waals surface area contributed by atoms with E-state index in [4.69, 9.17) is 0 Å². The van der Waals surface area contributed by atoms with E-state index < -0.39 is 22.0 Å². The molecule has 160 valence electrons. The number of methoxy groups -OCH3 is 1. The minimum absolute atomic E-state index is 0.0515. The first-order chi connectivity index (χ1) is 14.1. The number of nitrogens with one attached hydrogen (secondary N) is 4. The van der Waals surface area contributed by atoms with Crippen molar-refractivity contribution >= 4 is 45.0 Å². The third kappa shape index (κ3) is 7.09. The Bertz CT molecular complexity index is 1050. The topological polar surface area (TPSA) is 143 Å². The van der Waals surface area contributed by atoms with Crippen molar-refractivity contribution in [1.29, 1.82) is 0 Å². The van der Waals surface area contributed by atoms with E-state index in [9.17, 15) is 22.8 Å². The molecule has 2 aromatic rings. The van der Waals surface area contributed by atoms with Gasteiger partial charge in [0.25, 0.3) is 5.91 Å². The number of carbonyl (C=O) groups is 3. The largest absolute Gasteiger partial charge is 0.453 e. The van der Waals surface area contributed by atoms with Crippen molar-refractivity contribution in [1.82, 2.24) is 5.32 Å². The van der Waals surface area contributed by atoms with Crippen molar-refractivity contribution in [2.24, 2.45) is 0 Å². The van der Waals surface area contributed by atoms with E-state index in [0.29, 0.717) is 11.4 Å². The summed E-state index contributed by atoms with van der Waals surface area (Å²) in [5.74, 6) is -0.865. The Morgan fingerprint density at radius 2 is 1.60 bits per heavy atom. The van der Waals surface area contributed by atoms with Crippen LogP contribution in [0.3, 0.4) is 0 Å². The number of sulfonamides is 1. The van der Waals surface area contributed by atoms with Crippen LogP contribution in [0.15, 0.2) is 42.5 Å². The molecule has 0 spiro atoms. The van der Waals surface area contributed by atoms with Gasteiger partial charge in [0.15, 0.2) is 0 Å². The van der Waals surface area contributed by atoms with Crippen LogP contribution in [0.2, 0.25) is 0 Å². The maximum atomic E-state index is 12.7. The van der Waals surface area contributed by atoms with Crippen LogP contribution in [0.25, 0.3) is 0 Å². The average molecular weight is 434 g/mol. The minimum Gasteiger partial charge on any atom is -0.453 e. The monoisotopic (exact) mass is 434 g/mol. The zero-order valence-corrected chi connectivity index (χ0v) is 17.4. The molecule has 0 saturated carbocycles. The lowest BCUT2D eigenvalue weighted by atomic mass is 10.1. The highest BCUT2D eigenvalue weighted by molar-refractivity contribution is 7.92. The Morgan fingerprint density at radius 1 is 0.967 bits per heavy atom. The molecule has 2 rings (SSSR count). The van der Waals surface area contributed by atoms with Crippen LogP contribution in [-0.4, -0.2) is 39.7 Å². The second-order valence-corrected chi connectivity index (χ2v) is 8.06. The summed E-state index contributed by atoms with van der Waals surface area (Å²) < 4.78 is 30.0. The Hall–Kier alpha value is -3.60. The molecule has 0 aliphatic carbocycles. The number of hydrogen-bond donors (Lipinski definition) is 4. The first-order valence-electron chi connectivity index (χ1n) is 8.69. The van der Waals surface area contributed by atoms with Gasteiger partial charge in [-0.2, -0.15) is 0 Å². The number of rotatable bonds is 7. The van der Waals surface area contributed by atoms with E-state index >= 15 is 0 Å².